The van der Waals surface area contributed by atoms with Crippen LogP contribution in [-0.4, -0.2) is 18.5 Å². The highest BCUT2D eigenvalue weighted by Gasteiger charge is 2.31. The zero-order chi connectivity index (χ0) is 17.3. The van der Waals surface area contributed by atoms with Gasteiger partial charge in [-0.05, 0) is 49.2 Å². The van der Waals surface area contributed by atoms with Gasteiger partial charge in [0, 0.05) is 17.4 Å². The molecule has 0 saturated heterocycles. The maximum atomic E-state index is 12.5. The zero-order valence-electron chi connectivity index (χ0n) is 13.1. The van der Waals surface area contributed by atoms with Gasteiger partial charge in [-0.2, -0.15) is 13.2 Å². The Kier molecular flexibility index (Phi) is 4.22. The highest BCUT2D eigenvalue weighted by atomic mass is 19.4. The van der Waals surface area contributed by atoms with Crippen LogP contribution in [0.5, 0.6) is 0 Å². The van der Waals surface area contributed by atoms with Crippen LogP contribution >= 0.6 is 0 Å². The van der Waals surface area contributed by atoms with Crippen LogP contribution in [0, 0.1) is 0 Å². The molecule has 2 aromatic carbocycles. The fourth-order valence-electron chi connectivity index (χ4n) is 2.99. The number of carbonyl (C=O) groups is 1. The maximum Gasteiger partial charge on any atom is 0.416 e. The molecule has 0 radical (unpaired) electrons. The van der Waals surface area contributed by atoms with Crippen LogP contribution in [0.2, 0.25) is 0 Å². The molecule has 0 unspecified atom stereocenters. The standard InChI is InChI=1S/C18H17F3N2O/c1-12-10-13-4-2-3-5-16(13)23(12)17(24)11-22-15-8-6-14(7-9-15)18(19,20)21/h2-9,12,22H,10-11H2,1H3/t12-/m1/s1. The molecule has 0 bridgehead atoms. The van der Waals surface area contributed by atoms with Gasteiger partial charge in [0.15, 0.2) is 0 Å². The molecule has 1 amide bonds. The highest BCUT2D eigenvalue weighted by molar-refractivity contribution is 5.98. The molecule has 1 aliphatic rings. The molecule has 0 saturated carbocycles. The summed E-state index contributed by atoms with van der Waals surface area (Å²) < 4.78 is 37.6. The molecule has 0 spiro atoms. The summed E-state index contributed by atoms with van der Waals surface area (Å²) in [5.41, 5.74) is 1.81. The van der Waals surface area contributed by atoms with Crippen molar-refractivity contribution in [3.05, 3.63) is 59.7 Å². The summed E-state index contributed by atoms with van der Waals surface area (Å²) >= 11 is 0. The number of benzene rings is 2. The number of halogens is 3. The van der Waals surface area contributed by atoms with Gasteiger partial charge in [-0.1, -0.05) is 18.2 Å². The van der Waals surface area contributed by atoms with E-state index >= 15 is 0 Å². The van der Waals surface area contributed by atoms with E-state index in [0.717, 1.165) is 29.8 Å². The van der Waals surface area contributed by atoms with Gasteiger partial charge in [-0.25, -0.2) is 0 Å². The summed E-state index contributed by atoms with van der Waals surface area (Å²) in [4.78, 5) is 14.2. The van der Waals surface area contributed by atoms with Crippen molar-refractivity contribution in [2.75, 3.05) is 16.8 Å². The average molecular weight is 334 g/mol. The van der Waals surface area contributed by atoms with Crippen LogP contribution in [0.4, 0.5) is 24.5 Å². The number of amides is 1. The second kappa shape index (κ2) is 6.19. The normalized spacial score (nSPS) is 16.8. The van der Waals surface area contributed by atoms with Crippen molar-refractivity contribution in [2.45, 2.75) is 25.6 Å². The molecule has 1 atom stereocenters. The lowest BCUT2D eigenvalue weighted by Crippen LogP contribution is -2.39. The van der Waals surface area contributed by atoms with Gasteiger partial charge < -0.3 is 10.2 Å². The second-order valence-corrected chi connectivity index (χ2v) is 5.87. The van der Waals surface area contributed by atoms with Crippen LogP contribution in [0.25, 0.3) is 0 Å². The summed E-state index contributed by atoms with van der Waals surface area (Å²) in [6, 6.07) is 12.5. The van der Waals surface area contributed by atoms with E-state index in [4.69, 9.17) is 0 Å². The lowest BCUT2D eigenvalue weighted by Gasteiger charge is -2.23. The van der Waals surface area contributed by atoms with Crippen molar-refractivity contribution in [3.8, 4) is 0 Å². The first-order valence-electron chi connectivity index (χ1n) is 7.67. The minimum atomic E-state index is -4.36. The number of rotatable bonds is 3. The van der Waals surface area contributed by atoms with E-state index in [1.165, 1.54) is 12.1 Å². The molecule has 1 N–H and O–H groups in total. The third kappa shape index (κ3) is 3.22. The highest BCUT2D eigenvalue weighted by Crippen LogP contribution is 2.32. The first kappa shape index (κ1) is 16.4. The monoisotopic (exact) mass is 334 g/mol. The van der Waals surface area contributed by atoms with Gasteiger partial charge >= 0.3 is 6.18 Å². The maximum absolute atomic E-state index is 12.5. The van der Waals surface area contributed by atoms with Gasteiger partial charge in [0.05, 0.1) is 12.1 Å². The molecule has 0 aromatic heterocycles. The van der Waals surface area contributed by atoms with Crippen molar-refractivity contribution in [3.63, 3.8) is 0 Å². The Hall–Kier alpha value is -2.50. The van der Waals surface area contributed by atoms with E-state index < -0.39 is 11.7 Å². The SMILES string of the molecule is C[C@@H]1Cc2ccccc2N1C(=O)CNc1ccc(C(F)(F)F)cc1. The Balaban J connectivity index is 1.66. The average Bonchev–Trinajstić information content (AvgIpc) is 2.88. The van der Waals surface area contributed by atoms with E-state index in [2.05, 4.69) is 5.32 Å². The molecule has 0 aliphatic carbocycles. The number of nitrogens with zero attached hydrogens (tertiary/aromatic N) is 1. The number of alkyl halides is 3. The summed E-state index contributed by atoms with van der Waals surface area (Å²) in [7, 11) is 0. The van der Waals surface area contributed by atoms with Gasteiger partial charge in [0.2, 0.25) is 5.91 Å². The van der Waals surface area contributed by atoms with E-state index in [0.29, 0.717) is 5.69 Å². The van der Waals surface area contributed by atoms with E-state index in [-0.39, 0.29) is 18.5 Å². The van der Waals surface area contributed by atoms with Crippen LogP contribution in [0.3, 0.4) is 0 Å². The predicted molar refractivity (Wildman–Crippen MR) is 87.0 cm³/mol. The van der Waals surface area contributed by atoms with E-state index in [1.807, 2.05) is 31.2 Å². The zero-order valence-corrected chi connectivity index (χ0v) is 13.1. The van der Waals surface area contributed by atoms with Crippen LogP contribution in [0.15, 0.2) is 48.5 Å². The molecule has 0 fully saturated rings. The van der Waals surface area contributed by atoms with Crippen molar-refractivity contribution in [1.29, 1.82) is 0 Å². The summed E-state index contributed by atoms with van der Waals surface area (Å²) in [5.74, 6) is -0.104. The van der Waals surface area contributed by atoms with Gasteiger partial charge in [-0.15, -0.1) is 0 Å². The fraction of sp³-hybridized carbons (Fsp3) is 0.278. The Morgan fingerprint density at radius 3 is 2.50 bits per heavy atom. The second-order valence-electron chi connectivity index (χ2n) is 5.87. The number of anilines is 2. The number of carbonyl (C=O) groups excluding carboxylic acids is 1. The van der Waals surface area contributed by atoms with Crippen molar-refractivity contribution >= 4 is 17.3 Å². The Bertz CT molecular complexity index is 741. The lowest BCUT2D eigenvalue weighted by atomic mass is 10.1. The number of nitrogens with one attached hydrogen (secondary N) is 1. The summed E-state index contributed by atoms with van der Waals surface area (Å²) in [6.45, 7) is 2.01. The smallest absolute Gasteiger partial charge is 0.376 e. The topological polar surface area (TPSA) is 32.3 Å². The minimum Gasteiger partial charge on any atom is -0.376 e. The molecule has 3 rings (SSSR count). The summed E-state index contributed by atoms with van der Waals surface area (Å²) in [5, 5.41) is 2.89. The van der Waals surface area contributed by atoms with Gasteiger partial charge in [0.25, 0.3) is 0 Å². The minimum absolute atomic E-state index is 0.0318. The van der Waals surface area contributed by atoms with Crippen molar-refractivity contribution < 1.29 is 18.0 Å². The number of hydrogen-bond donors (Lipinski definition) is 1. The third-order valence-corrected chi connectivity index (χ3v) is 4.13. The van der Waals surface area contributed by atoms with E-state index in [9.17, 15) is 18.0 Å². The van der Waals surface area contributed by atoms with Gasteiger partial charge in [0.1, 0.15) is 0 Å². The molecule has 24 heavy (non-hydrogen) atoms. The number of fused-ring (bicyclic) bond motifs is 1. The first-order valence-corrected chi connectivity index (χ1v) is 7.67. The largest absolute Gasteiger partial charge is 0.416 e. The first-order chi connectivity index (χ1) is 11.4. The molecule has 2 aromatic rings. The fourth-order valence-corrected chi connectivity index (χ4v) is 2.99. The third-order valence-electron chi connectivity index (χ3n) is 4.13. The summed E-state index contributed by atoms with van der Waals surface area (Å²) in [6.07, 6.45) is -3.55. The lowest BCUT2D eigenvalue weighted by molar-refractivity contribution is -0.137. The van der Waals surface area contributed by atoms with E-state index in [1.54, 1.807) is 4.90 Å². The quantitative estimate of drug-likeness (QED) is 0.917. The number of hydrogen-bond acceptors (Lipinski definition) is 2. The predicted octanol–water partition coefficient (Wildman–Crippen LogP) is 4.10. The van der Waals surface area contributed by atoms with Crippen LogP contribution in [-0.2, 0) is 17.4 Å². The van der Waals surface area contributed by atoms with Gasteiger partial charge in [-0.3, -0.25) is 4.79 Å². The van der Waals surface area contributed by atoms with Crippen molar-refractivity contribution in [2.24, 2.45) is 0 Å². The number of para-hydroxylation sites is 1. The van der Waals surface area contributed by atoms with Crippen molar-refractivity contribution in [1.82, 2.24) is 0 Å². The molecular formula is C18H17F3N2O. The molecule has 1 aliphatic heterocycles. The Morgan fingerprint density at radius 1 is 1.17 bits per heavy atom. The molecule has 126 valence electrons. The van der Waals surface area contributed by atoms with Crippen LogP contribution in [0.1, 0.15) is 18.1 Å². The molecule has 6 heteroatoms. The molecule has 1 heterocycles. The molecule has 3 nitrogen and oxygen atoms in total. The Labute approximate surface area is 138 Å². The Morgan fingerprint density at radius 2 is 1.83 bits per heavy atom. The van der Waals surface area contributed by atoms with Crippen LogP contribution < -0.4 is 10.2 Å². The molecular weight excluding hydrogens is 317 g/mol.